The minimum Gasteiger partial charge on any atom is -0.618 e. The molecule has 0 radical (unpaired) electrons. The molecule has 0 saturated heterocycles. The van der Waals surface area contributed by atoms with Crippen molar-refractivity contribution in [3.05, 3.63) is 65.2 Å². The molecule has 4 heteroatoms. The molecule has 2 nitrogen and oxygen atoms in total. The topological polar surface area (TPSA) is 26.9 Å². The second-order valence-electron chi connectivity index (χ2n) is 3.68. The quantitative estimate of drug-likeness (QED) is 0.474. The molecule has 0 saturated carbocycles. The average Bonchev–Trinajstić information content (AvgIpc) is 2.33. The maximum Gasteiger partial charge on any atom is 0.251 e. The largest absolute Gasteiger partial charge is 0.618 e. The molecule has 17 heavy (non-hydrogen) atoms. The van der Waals surface area contributed by atoms with E-state index >= 15 is 0 Å². The molecular weight excluding hydrogens is 237 g/mol. The van der Waals surface area contributed by atoms with Crippen molar-refractivity contribution in [3.63, 3.8) is 0 Å². The number of rotatable bonds is 3. The Labute approximate surface area is 104 Å². The minimum atomic E-state index is -0.246. The zero-order valence-corrected chi connectivity index (χ0v) is 10.2. The Bertz CT molecular complexity index is 501. The van der Waals surface area contributed by atoms with E-state index in [-0.39, 0.29) is 11.1 Å². The zero-order valence-electron chi connectivity index (χ0n) is 9.34. The first-order chi connectivity index (χ1) is 8.16. The number of benzene rings is 1. The normalized spacial score (nSPS) is 12.4. The third-order valence-corrected chi connectivity index (χ3v) is 3.61. The van der Waals surface area contributed by atoms with E-state index in [2.05, 4.69) is 0 Å². The van der Waals surface area contributed by atoms with Gasteiger partial charge in [0.05, 0.1) is 0 Å². The Morgan fingerprint density at radius 1 is 1.18 bits per heavy atom. The molecule has 1 atom stereocenters. The lowest BCUT2D eigenvalue weighted by atomic mass is 10.2. The van der Waals surface area contributed by atoms with E-state index in [9.17, 15) is 9.60 Å². The first-order valence-corrected chi connectivity index (χ1v) is 6.15. The minimum absolute atomic E-state index is 0.109. The summed E-state index contributed by atoms with van der Waals surface area (Å²) in [7, 11) is 0. The first kappa shape index (κ1) is 11.9. The average molecular weight is 249 g/mol. The van der Waals surface area contributed by atoms with Gasteiger partial charge in [-0.15, -0.1) is 0 Å². The molecule has 1 heterocycles. The summed E-state index contributed by atoms with van der Waals surface area (Å²) >= 11 is 1.46. The van der Waals surface area contributed by atoms with Crippen LogP contribution in [-0.4, -0.2) is 0 Å². The van der Waals surface area contributed by atoms with Crippen LogP contribution >= 0.6 is 11.8 Å². The summed E-state index contributed by atoms with van der Waals surface area (Å²) in [5.41, 5.74) is 1.00. The molecule has 88 valence electrons. The fraction of sp³-hybridized carbons (Fsp3) is 0.154. The van der Waals surface area contributed by atoms with Crippen molar-refractivity contribution in [2.75, 3.05) is 0 Å². The fourth-order valence-corrected chi connectivity index (χ4v) is 2.46. The molecule has 0 aliphatic carbocycles. The van der Waals surface area contributed by atoms with Gasteiger partial charge in [0.2, 0.25) is 0 Å². The zero-order chi connectivity index (χ0) is 12.3. The predicted molar refractivity (Wildman–Crippen MR) is 66.1 cm³/mol. The van der Waals surface area contributed by atoms with E-state index in [1.54, 1.807) is 24.3 Å². The highest BCUT2D eigenvalue weighted by Crippen LogP contribution is 2.32. The SMILES string of the molecule is CC(Sc1cccc[n+]1[O-])c1ccc(F)cc1. The third kappa shape index (κ3) is 2.97. The van der Waals surface area contributed by atoms with Gasteiger partial charge in [0.25, 0.3) is 5.03 Å². The van der Waals surface area contributed by atoms with E-state index in [0.29, 0.717) is 5.03 Å². The number of pyridine rings is 1. The predicted octanol–water partition coefficient (Wildman–Crippen LogP) is 3.31. The van der Waals surface area contributed by atoms with Crippen LogP contribution in [0.2, 0.25) is 0 Å². The van der Waals surface area contributed by atoms with E-state index < -0.39 is 0 Å². The molecule has 2 aromatic rings. The van der Waals surface area contributed by atoms with Crippen molar-refractivity contribution in [2.45, 2.75) is 17.2 Å². The van der Waals surface area contributed by atoms with Crippen molar-refractivity contribution in [1.29, 1.82) is 0 Å². The molecule has 2 rings (SSSR count). The van der Waals surface area contributed by atoms with Crippen LogP contribution in [0.25, 0.3) is 0 Å². The molecule has 0 bridgehead atoms. The van der Waals surface area contributed by atoms with Crippen LogP contribution in [0.4, 0.5) is 4.39 Å². The summed E-state index contributed by atoms with van der Waals surface area (Å²) in [5, 5.41) is 12.2. The van der Waals surface area contributed by atoms with Crippen LogP contribution in [0, 0.1) is 11.0 Å². The Kier molecular flexibility index (Phi) is 3.64. The summed E-state index contributed by atoms with van der Waals surface area (Å²) in [4.78, 5) is 0. The van der Waals surface area contributed by atoms with Gasteiger partial charge in [-0.2, -0.15) is 4.73 Å². The lowest BCUT2D eigenvalue weighted by molar-refractivity contribution is -0.645. The lowest BCUT2D eigenvalue weighted by Gasteiger charge is -2.10. The van der Waals surface area contributed by atoms with Crippen molar-refractivity contribution < 1.29 is 9.12 Å². The summed E-state index contributed by atoms with van der Waals surface area (Å²) in [6.07, 6.45) is 1.47. The van der Waals surface area contributed by atoms with Crippen molar-refractivity contribution >= 4 is 11.8 Å². The highest BCUT2D eigenvalue weighted by atomic mass is 32.2. The molecule has 0 spiro atoms. The standard InChI is InChI=1S/C13H12FNOS/c1-10(11-5-7-12(14)8-6-11)17-13-4-2-3-9-15(13)16/h2-10H,1H3. The molecular formula is C13H12FNOS. The number of halogens is 1. The molecule has 1 aromatic heterocycles. The van der Waals surface area contributed by atoms with Crippen LogP contribution in [-0.2, 0) is 0 Å². The van der Waals surface area contributed by atoms with E-state index in [0.717, 1.165) is 10.3 Å². The van der Waals surface area contributed by atoms with Crippen molar-refractivity contribution in [2.24, 2.45) is 0 Å². The van der Waals surface area contributed by atoms with Gasteiger partial charge in [0.1, 0.15) is 5.82 Å². The Balaban J connectivity index is 2.14. The van der Waals surface area contributed by atoms with Crippen molar-refractivity contribution in [1.82, 2.24) is 0 Å². The summed E-state index contributed by atoms with van der Waals surface area (Å²) in [5.74, 6) is -0.246. The summed E-state index contributed by atoms with van der Waals surface area (Å²) in [6, 6.07) is 11.6. The van der Waals surface area contributed by atoms with Gasteiger partial charge in [-0.3, -0.25) is 0 Å². The van der Waals surface area contributed by atoms with Gasteiger partial charge in [-0.1, -0.05) is 12.1 Å². The Hall–Kier alpha value is -1.55. The van der Waals surface area contributed by atoms with Crippen molar-refractivity contribution in [3.8, 4) is 0 Å². The van der Waals surface area contributed by atoms with Crippen LogP contribution in [0.15, 0.2) is 53.7 Å². The highest BCUT2D eigenvalue weighted by molar-refractivity contribution is 7.99. The van der Waals surface area contributed by atoms with Crippen LogP contribution < -0.4 is 4.73 Å². The molecule has 1 unspecified atom stereocenters. The molecule has 0 aliphatic heterocycles. The number of hydrogen-bond donors (Lipinski definition) is 0. The summed E-state index contributed by atoms with van der Waals surface area (Å²) < 4.78 is 13.6. The van der Waals surface area contributed by atoms with Crippen LogP contribution in [0.3, 0.4) is 0 Å². The molecule has 0 aliphatic rings. The van der Waals surface area contributed by atoms with Crippen LogP contribution in [0.1, 0.15) is 17.7 Å². The van der Waals surface area contributed by atoms with E-state index in [1.807, 2.05) is 13.0 Å². The van der Waals surface area contributed by atoms with E-state index in [4.69, 9.17) is 0 Å². The van der Waals surface area contributed by atoms with Gasteiger partial charge < -0.3 is 5.21 Å². The summed E-state index contributed by atoms with van der Waals surface area (Å²) in [6.45, 7) is 1.99. The van der Waals surface area contributed by atoms with Crippen LogP contribution in [0.5, 0.6) is 0 Å². The van der Waals surface area contributed by atoms with Gasteiger partial charge >= 0.3 is 0 Å². The molecule has 0 N–H and O–H groups in total. The maximum atomic E-state index is 12.8. The monoisotopic (exact) mass is 249 g/mol. The second kappa shape index (κ2) is 5.19. The number of thioether (sulfide) groups is 1. The first-order valence-electron chi connectivity index (χ1n) is 5.27. The second-order valence-corrected chi connectivity index (χ2v) is 5.04. The number of hydrogen-bond acceptors (Lipinski definition) is 2. The Morgan fingerprint density at radius 2 is 1.88 bits per heavy atom. The Morgan fingerprint density at radius 3 is 2.53 bits per heavy atom. The van der Waals surface area contributed by atoms with E-state index in [1.165, 1.54) is 30.1 Å². The third-order valence-electron chi connectivity index (χ3n) is 2.43. The van der Waals surface area contributed by atoms with Gasteiger partial charge in [-0.25, -0.2) is 4.39 Å². The molecule has 1 aromatic carbocycles. The maximum absolute atomic E-state index is 12.8. The number of nitrogens with zero attached hydrogens (tertiary/aromatic N) is 1. The molecule has 0 amide bonds. The smallest absolute Gasteiger partial charge is 0.251 e. The number of aromatic nitrogens is 1. The van der Waals surface area contributed by atoms with Gasteiger partial charge in [0, 0.05) is 17.4 Å². The fourth-order valence-electron chi connectivity index (χ4n) is 1.49. The lowest BCUT2D eigenvalue weighted by Crippen LogP contribution is -2.27. The van der Waals surface area contributed by atoms with Gasteiger partial charge in [-0.05, 0) is 42.4 Å². The van der Waals surface area contributed by atoms with Gasteiger partial charge in [0.15, 0.2) is 6.20 Å². The molecule has 0 fully saturated rings. The highest BCUT2D eigenvalue weighted by Gasteiger charge is 2.12.